The van der Waals surface area contributed by atoms with Crippen LogP contribution in [0.1, 0.15) is 15.9 Å². The fraction of sp³-hybridized carbons (Fsp3) is 0.316. The molecule has 0 atom stereocenters. The Morgan fingerprint density at radius 2 is 1.80 bits per heavy atom. The van der Waals surface area contributed by atoms with Crippen molar-refractivity contribution in [3.8, 4) is 0 Å². The molecule has 30 heavy (non-hydrogen) atoms. The minimum atomic E-state index is -4.72. The van der Waals surface area contributed by atoms with E-state index < -0.39 is 27.5 Å². The molecule has 1 N–H and O–H groups in total. The van der Waals surface area contributed by atoms with Crippen LogP contribution in [0, 0.1) is 0 Å². The number of hydrogen-bond donors (Lipinski definition) is 1. The zero-order valence-corrected chi connectivity index (χ0v) is 17.5. The molecule has 1 saturated heterocycles. The van der Waals surface area contributed by atoms with Crippen molar-refractivity contribution in [3.63, 3.8) is 0 Å². The normalized spacial score (nSPS) is 15.1. The summed E-state index contributed by atoms with van der Waals surface area (Å²) in [5.74, 6) is -0.351. The van der Waals surface area contributed by atoms with Crippen molar-refractivity contribution in [1.82, 2.24) is 4.90 Å². The Balaban J connectivity index is 1.96. The van der Waals surface area contributed by atoms with Crippen LogP contribution in [0.4, 0.5) is 18.9 Å². The fourth-order valence-corrected chi connectivity index (χ4v) is 4.66. The largest absolute Gasteiger partial charge is 0.418 e. The van der Waals surface area contributed by atoms with Crippen LogP contribution in [-0.2, 0) is 20.9 Å². The maximum Gasteiger partial charge on any atom is 0.418 e. The Morgan fingerprint density at radius 3 is 2.43 bits per heavy atom. The number of carbonyl (C=O) groups is 1. The molecule has 0 aromatic heterocycles. The molecule has 1 aliphatic heterocycles. The molecule has 0 bridgehead atoms. The molecule has 0 radical (unpaired) electrons. The highest BCUT2D eigenvalue weighted by molar-refractivity contribution is 7.98. The maximum atomic E-state index is 13.2. The van der Waals surface area contributed by atoms with Crippen molar-refractivity contribution in [1.29, 1.82) is 0 Å². The van der Waals surface area contributed by atoms with Crippen molar-refractivity contribution in [3.05, 3.63) is 53.6 Å². The van der Waals surface area contributed by atoms with E-state index >= 15 is 0 Å². The van der Waals surface area contributed by atoms with E-state index in [0.29, 0.717) is 31.2 Å². The number of sulfonamides is 1. The van der Waals surface area contributed by atoms with Crippen LogP contribution in [0.2, 0.25) is 0 Å². The van der Waals surface area contributed by atoms with Gasteiger partial charge in [0.1, 0.15) is 0 Å². The van der Waals surface area contributed by atoms with Gasteiger partial charge in [-0.05, 0) is 36.6 Å². The van der Waals surface area contributed by atoms with Gasteiger partial charge in [-0.2, -0.15) is 13.2 Å². The molecule has 2 aromatic carbocycles. The van der Waals surface area contributed by atoms with Crippen LogP contribution >= 0.6 is 11.8 Å². The van der Waals surface area contributed by atoms with Gasteiger partial charge in [-0.25, -0.2) is 8.42 Å². The molecule has 11 heteroatoms. The van der Waals surface area contributed by atoms with Crippen molar-refractivity contribution in [2.45, 2.75) is 16.0 Å². The van der Waals surface area contributed by atoms with Crippen LogP contribution in [0.15, 0.2) is 52.3 Å². The minimum Gasteiger partial charge on any atom is -0.378 e. The second-order valence-corrected chi connectivity index (χ2v) is 8.95. The van der Waals surface area contributed by atoms with Crippen LogP contribution in [0.3, 0.4) is 0 Å². The molecule has 1 fully saturated rings. The summed E-state index contributed by atoms with van der Waals surface area (Å²) in [5, 5.41) is 0. The van der Waals surface area contributed by atoms with Crippen molar-refractivity contribution < 1.29 is 31.1 Å². The number of thioether (sulfide) groups is 1. The number of ether oxygens (including phenoxy) is 1. The van der Waals surface area contributed by atoms with E-state index in [0.717, 1.165) is 12.1 Å². The van der Waals surface area contributed by atoms with E-state index in [9.17, 15) is 26.4 Å². The third kappa shape index (κ3) is 4.90. The van der Waals surface area contributed by atoms with Crippen molar-refractivity contribution >= 4 is 33.4 Å². The summed E-state index contributed by atoms with van der Waals surface area (Å²) in [6.45, 7) is 1.52. The van der Waals surface area contributed by atoms with Crippen LogP contribution < -0.4 is 4.72 Å². The smallest absolute Gasteiger partial charge is 0.378 e. The third-order valence-corrected chi connectivity index (χ3v) is 6.65. The first kappa shape index (κ1) is 22.4. The third-order valence-electron chi connectivity index (χ3n) is 4.49. The van der Waals surface area contributed by atoms with Gasteiger partial charge in [0.25, 0.3) is 15.9 Å². The second-order valence-electron chi connectivity index (χ2n) is 6.42. The monoisotopic (exact) mass is 460 g/mol. The van der Waals surface area contributed by atoms with Gasteiger partial charge in [-0.3, -0.25) is 9.52 Å². The number of rotatable bonds is 5. The number of para-hydroxylation sites is 1. The highest BCUT2D eigenvalue weighted by Crippen LogP contribution is 2.35. The number of anilines is 1. The molecule has 6 nitrogen and oxygen atoms in total. The topological polar surface area (TPSA) is 75.7 Å². The molecule has 0 unspecified atom stereocenters. The molecule has 0 saturated carbocycles. The van der Waals surface area contributed by atoms with E-state index in [2.05, 4.69) is 0 Å². The summed E-state index contributed by atoms with van der Waals surface area (Å²) in [6, 6.07) is 8.24. The predicted octanol–water partition coefficient (Wildman–Crippen LogP) is 3.70. The Bertz CT molecular complexity index is 1040. The molecule has 162 valence electrons. The lowest BCUT2D eigenvalue weighted by molar-refractivity contribution is -0.136. The zero-order chi connectivity index (χ0) is 21.9. The van der Waals surface area contributed by atoms with Crippen LogP contribution in [-0.4, -0.2) is 51.8 Å². The van der Waals surface area contributed by atoms with E-state index in [-0.39, 0.29) is 16.4 Å². The Morgan fingerprint density at radius 1 is 1.13 bits per heavy atom. The first-order chi connectivity index (χ1) is 14.1. The van der Waals surface area contributed by atoms with Gasteiger partial charge < -0.3 is 9.64 Å². The van der Waals surface area contributed by atoms with Gasteiger partial charge in [0, 0.05) is 18.0 Å². The first-order valence-electron chi connectivity index (χ1n) is 8.87. The van der Waals surface area contributed by atoms with Gasteiger partial charge in [-0.1, -0.05) is 12.1 Å². The summed E-state index contributed by atoms with van der Waals surface area (Å²) < 4.78 is 72.4. The molecule has 0 spiro atoms. The predicted molar refractivity (Wildman–Crippen MR) is 107 cm³/mol. The summed E-state index contributed by atoms with van der Waals surface area (Å²) in [5.41, 5.74) is -1.50. The standard InChI is InChI=1S/C19H19F3N2O4S2/c1-29-17-7-6-13(12-14(17)18(25)24-8-10-28-11-9-24)30(26,27)23-16-5-3-2-4-15(16)19(20,21)22/h2-7,12,23H,8-11H2,1H3. The number of nitrogens with one attached hydrogen (secondary N) is 1. The minimum absolute atomic E-state index is 0.177. The lowest BCUT2D eigenvalue weighted by atomic mass is 10.2. The lowest BCUT2D eigenvalue weighted by Crippen LogP contribution is -2.41. The first-order valence-corrected chi connectivity index (χ1v) is 11.6. The number of carbonyl (C=O) groups excluding carboxylic acids is 1. The number of halogens is 3. The molecular weight excluding hydrogens is 441 g/mol. The van der Waals surface area contributed by atoms with E-state index in [1.807, 2.05) is 4.72 Å². The molecular formula is C19H19F3N2O4S2. The quantitative estimate of drug-likeness (QED) is 0.689. The summed E-state index contributed by atoms with van der Waals surface area (Å²) in [7, 11) is -4.36. The second kappa shape index (κ2) is 8.86. The Kier molecular flexibility index (Phi) is 6.63. The summed E-state index contributed by atoms with van der Waals surface area (Å²) >= 11 is 1.27. The summed E-state index contributed by atoms with van der Waals surface area (Å²) in [4.78, 5) is 14.7. The van der Waals surface area contributed by atoms with Gasteiger partial charge in [-0.15, -0.1) is 11.8 Å². The van der Waals surface area contributed by atoms with Gasteiger partial charge in [0.2, 0.25) is 0 Å². The van der Waals surface area contributed by atoms with Crippen LogP contribution in [0.25, 0.3) is 0 Å². The molecule has 2 aromatic rings. The van der Waals surface area contributed by atoms with Crippen molar-refractivity contribution in [2.75, 3.05) is 37.3 Å². The van der Waals surface area contributed by atoms with Gasteiger partial charge in [0.05, 0.1) is 34.9 Å². The van der Waals surface area contributed by atoms with E-state index in [4.69, 9.17) is 4.74 Å². The average Bonchev–Trinajstić information content (AvgIpc) is 2.72. The maximum absolute atomic E-state index is 13.2. The van der Waals surface area contributed by atoms with E-state index in [1.54, 1.807) is 11.2 Å². The highest BCUT2D eigenvalue weighted by atomic mass is 32.2. The lowest BCUT2D eigenvalue weighted by Gasteiger charge is -2.27. The summed E-state index contributed by atoms with van der Waals surface area (Å²) in [6.07, 6.45) is -2.98. The SMILES string of the molecule is CSc1ccc(S(=O)(=O)Nc2ccccc2C(F)(F)F)cc1C(=O)N1CCOCC1. The average molecular weight is 460 g/mol. The number of amides is 1. The van der Waals surface area contributed by atoms with Gasteiger partial charge in [0.15, 0.2) is 0 Å². The Labute approximate surface area is 176 Å². The molecule has 3 rings (SSSR count). The number of benzene rings is 2. The number of alkyl halides is 3. The molecule has 1 aliphatic rings. The zero-order valence-electron chi connectivity index (χ0n) is 15.9. The Hall–Kier alpha value is -2.24. The molecule has 1 amide bonds. The highest BCUT2D eigenvalue weighted by Gasteiger charge is 2.34. The van der Waals surface area contributed by atoms with Crippen LogP contribution in [0.5, 0.6) is 0 Å². The fourth-order valence-electron chi connectivity index (χ4n) is 2.98. The molecule has 0 aliphatic carbocycles. The molecule has 1 heterocycles. The number of morpholine rings is 1. The van der Waals surface area contributed by atoms with E-state index in [1.165, 1.54) is 42.1 Å². The number of nitrogens with zero attached hydrogens (tertiary/aromatic N) is 1. The van der Waals surface area contributed by atoms with Crippen molar-refractivity contribution in [2.24, 2.45) is 0 Å². The van der Waals surface area contributed by atoms with Gasteiger partial charge >= 0.3 is 6.18 Å². The number of hydrogen-bond acceptors (Lipinski definition) is 5.